The van der Waals surface area contributed by atoms with Gasteiger partial charge in [-0.1, -0.05) is 29.3 Å². The minimum Gasteiger partial charge on any atom is -0.351 e. The lowest BCUT2D eigenvalue weighted by atomic mass is 10.2. The van der Waals surface area contributed by atoms with Crippen LogP contribution in [0.2, 0.25) is 5.02 Å². The van der Waals surface area contributed by atoms with E-state index in [0.717, 1.165) is 4.90 Å². The number of halogens is 1. The lowest BCUT2D eigenvalue weighted by Gasteiger charge is -2.06. The Hall–Kier alpha value is -2.05. The van der Waals surface area contributed by atoms with Crippen molar-refractivity contribution in [3.63, 3.8) is 0 Å². The van der Waals surface area contributed by atoms with E-state index in [1.807, 2.05) is 31.2 Å². The molecule has 2 aromatic rings. The zero-order valence-electron chi connectivity index (χ0n) is 12.4. The van der Waals surface area contributed by atoms with Gasteiger partial charge in [0.2, 0.25) is 0 Å². The molecule has 0 fully saturated rings. The van der Waals surface area contributed by atoms with Crippen molar-refractivity contribution < 1.29 is 9.72 Å². The second-order valence-electron chi connectivity index (χ2n) is 4.84. The third-order valence-corrected chi connectivity index (χ3v) is 4.42. The molecule has 2 rings (SSSR count). The van der Waals surface area contributed by atoms with Crippen molar-refractivity contribution in [1.82, 2.24) is 5.32 Å². The zero-order chi connectivity index (χ0) is 16.8. The predicted molar refractivity (Wildman–Crippen MR) is 92.3 cm³/mol. The van der Waals surface area contributed by atoms with Gasteiger partial charge in [-0.3, -0.25) is 14.9 Å². The Kier molecular flexibility index (Phi) is 6.01. The van der Waals surface area contributed by atoms with Crippen LogP contribution in [0.15, 0.2) is 47.4 Å². The third-order valence-electron chi connectivity index (χ3n) is 3.08. The topological polar surface area (TPSA) is 72.2 Å². The van der Waals surface area contributed by atoms with Gasteiger partial charge >= 0.3 is 0 Å². The fraction of sp³-hybridized carbons (Fsp3) is 0.188. The highest BCUT2D eigenvalue weighted by Crippen LogP contribution is 2.25. The Balaban J connectivity index is 1.86. The SMILES string of the molecule is Cc1ccc(SCCNC(=O)c2ccc(Cl)c([N+](=O)[O-])c2)cc1. The highest BCUT2D eigenvalue weighted by Gasteiger charge is 2.15. The normalized spacial score (nSPS) is 10.3. The number of hydrogen-bond donors (Lipinski definition) is 1. The first-order valence-electron chi connectivity index (χ1n) is 6.89. The number of carbonyl (C=O) groups is 1. The molecule has 0 aliphatic carbocycles. The first-order chi connectivity index (χ1) is 11.0. The molecular formula is C16H15ClN2O3S. The maximum absolute atomic E-state index is 12.0. The number of aryl methyl sites for hydroxylation is 1. The van der Waals surface area contributed by atoms with Crippen molar-refractivity contribution in [3.05, 3.63) is 68.7 Å². The van der Waals surface area contributed by atoms with Gasteiger partial charge in [0.05, 0.1) is 4.92 Å². The van der Waals surface area contributed by atoms with E-state index in [2.05, 4.69) is 5.32 Å². The van der Waals surface area contributed by atoms with Crippen LogP contribution in [0.4, 0.5) is 5.69 Å². The van der Waals surface area contributed by atoms with Gasteiger partial charge in [-0.15, -0.1) is 11.8 Å². The largest absolute Gasteiger partial charge is 0.351 e. The summed E-state index contributed by atoms with van der Waals surface area (Å²) in [6, 6.07) is 12.1. The van der Waals surface area contributed by atoms with Crippen LogP contribution in [0.3, 0.4) is 0 Å². The summed E-state index contributed by atoms with van der Waals surface area (Å²) in [5.74, 6) is 0.360. The molecule has 1 N–H and O–H groups in total. The van der Waals surface area contributed by atoms with E-state index in [1.165, 1.54) is 23.8 Å². The molecule has 0 bridgehead atoms. The van der Waals surface area contributed by atoms with Crippen LogP contribution in [0, 0.1) is 17.0 Å². The number of rotatable bonds is 6. The van der Waals surface area contributed by atoms with Crippen LogP contribution in [0.1, 0.15) is 15.9 Å². The Morgan fingerprint density at radius 3 is 2.61 bits per heavy atom. The summed E-state index contributed by atoms with van der Waals surface area (Å²) in [6.07, 6.45) is 0. The zero-order valence-corrected chi connectivity index (χ0v) is 14.0. The van der Waals surface area contributed by atoms with E-state index in [4.69, 9.17) is 11.6 Å². The van der Waals surface area contributed by atoms with Gasteiger partial charge in [-0.05, 0) is 31.2 Å². The first-order valence-corrected chi connectivity index (χ1v) is 8.25. The summed E-state index contributed by atoms with van der Waals surface area (Å²) in [7, 11) is 0. The number of nitrogens with zero attached hydrogens (tertiary/aromatic N) is 1. The lowest BCUT2D eigenvalue weighted by molar-refractivity contribution is -0.384. The molecule has 0 atom stereocenters. The van der Waals surface area contributed by atoms with Gasteiger partial charge in [0, 0.05) is 28.8 Å². The van der Waals surface area contributed by atoms with E-state index in [1.54, 1.807) is 11.8 Å². The molecule has 5 nitrogen and oxygen atoms in total. The summed E-state index contributed by atoms with van der Waals surface area (Å²) < 4.78 is 0. The van der Waals surface area contributed by atoms with Gasteiger partial charge in [0.25, 0.3) is 11.6 Å². The monoisotopic (exact) mass is 350 g/mol. The molecule has 0 heterocycles. The number of thioether (sulfide) groups is 1. The van der Waals surface area contributed by atoms with Gasteiger partial charge in [-0.25, -0.2) is 0 Å². The van der Waals surface area contributed by atoms with Gasteiger partial charge < -0.3 is 5.32 Å². The van der Waals surface area contributed by atoms with Gasteiger partial charge in [0.15, 0.2) is 0 Å². The van der Waals surface area contributed by atoms with E-state index in [0.29, 0.717) is 12.3 Å². The number of hydrogen-bond acceptors (Lipinski definition) is 4. The standard InChI is InChI=1S/C16H15ClN2O3S/c1-11-2-5-13(6-3-11)23-9-8-18-16(20)12-4-7-14(17)15(10-12)19(21)22/h2-7,10H,8-9H2,1H3,(H,18,20). The summed E-state index contributed by atoms with van der Waals surface area (Å²) >= 11 is 7.36. The van der Waals surface area contributed by atoms with Crippen LogP contribution in [-0.2, 0) is 0 Å². The summed E-state index contributed by atoms with van der Waals surface area (Å²) in [6.45, 7) is 2.49. The van der Waals surface area contributed by atoms with E-state index in [9.17, 15) is 14.9 Å². The molecule has 0 radical (unpaired) electrons. The smallest absolute Gasteiger partial charge is 0.288 e. The molecule has 1 amide bonds. The molecule has 0 spiro atoms. The molecular weight excluding hydrogens is 336 g/mol. The minimum atomic E-state index is -0.605. The van der Waals surface area contributed by atoms with Crippen LogP contribution in [-0.4, -0.2) is 23.1 Å². The highest BCUT2D eigenvalue weighted by atomic mass is 35.5. The Bertz CT molecular complexity index is 720. The number of nitrogens with one attached hydrogen (secondary N) is 1. The van der Waals surface area contributed by atoms with E-state index in [-0.39, 0.29) is 22.2 Å². The van der Waals surface area contributed by atoms with Gasteiger partial charge in [-0.2, -0.15) is 0 Å². The average Bonchev–Trinajstić information content (AvgIpc) is 2.53. The van der Waals surface area contributed by atoms with Crippen molar-refractivity contribution in [3.8, 4) is 0 Å². The van der Waals surface area contributed by atoms with E-state index < -0.39 is 4.92 Å². The second-order valence-corrected chi connectivity index (χ2v) is 6.42. The van der Waals surface area contributed by atoms with Crippen molar-refractivity contribution in [2.45, 2.75) is 11.8 Å². The lowest BCUT2D eigenvalue weighted by Crippen LogP contribution is -2.25. The average molecular weight is 351 g/mol. The molecule has 2 aromatic carbocycles. The fourth-order valence-corrected chi connectivity index (χ4v) is 2.82. The Morgan fingerprint density at radius 2 is 1.96 bits per heavy atom. The van der Waals surface area contributed by atoms with Crippen LogP contribution in [0.25, 0.3) is 0 Å². The molecule has 23 heavy (non-hydrogen) atoms. The maximum atomic E-state index is 12.0. The quantitative estimate of drug-likeness (QED) is 0.369. The molecule has 0 aliphatic heterocycles. The minimum absolute atomic E-state index is 0.0153. The second kappa shape index (κ2) is 7.99. The predicted octanol–water partition coefficient (Wildman–Crippen LogP) is 4.08. The molecule has 0 saturated carbocycles. The Labute approximate surface area is 143 Å². The van der Waals surface area contributed by atoms with Crippen LogP contribution < -0.4 is 5.32 Å². The molecule has 0 saturated heterocycles. The number of benzene rings is 2. The third kappa shape index (κ3) is 4.97. The van der Waals surface area contributed by atoms with E-state index >= 15 is 0 Å². The summed E-state index contributed by atoms with van der Waals surface area (Å²) in [4.78, 5) is 23.4. The molecule has 120 valence electrons. The van der Waals surface area contributed by atoms with Crippen molar-refractivity contribution in [2.75, 3.05) is 12.3 Å². The van der Waals surface area contributed by atoms with Crippen LogP contribution >= 0.6 is 23.4 Å². The number of nitro benzene ring substituents is 1. The van der Waals surface area contributed by atoms with Crippen LogP contribution in [0.5, 0.6) is 0 Å². The summed E-state index contributed by atoms with van der Waals surface area (Å²) in [5, 5.41) is 13.6. The van der Waals surface area contributed by atoms with Crippen molar-refractivity contribution >= 4 is 35.0 Å². The maximum Gasteiger partial charge on any atom is 0.288 e. The summed E-state index contributed by atoms with van der Waals surface area (Å²) in [5.41, 5.74) is 1.15. The fourth-order valence-electron chi connectivity index (χ4n) is 1.86. The Morgan fingerprint density at radius 1 is 1.26 bits per heavy atom. The van der Waals surface area contributed by atoms with Gasteiger partial charge in [0.1, 0.15) is 5.02 Å². The number of amides is 1. The highest BCUT2D eigenvalue weighted by molar-refractivity contribution is 7.99. The first kappa shape index (κ1) is 17.3. The number of nitro groups is 1. The molecule has 0 unspecified atom stereocenters. The molecule has 7 heteroatoms. The molecule has 0 aromatic heterocycles. The van der Waals surface area contributed by atoms with Crippen molar-refractivity contribution in [1.29, 1.82) is 0 Å². The number of carbonyl (C=O) groups excluding carboxylic acids is 1. The van der Waals surface area contributed by atoms with Crippen molar-refractivity contribution in [2.24, 2.45) is 0 Å². The molecule has 0 aliphatic rings.